The molecule has 15 heavy (non-hydrogen) atoms. The molecule has 0 fully saturated rings. The second-order valence-corrected chi connectivity index (χ2v) is 5.73. The molecule has 0 saturated carbocycles. The van der Waals surface area contributed by atoms with Gasteiger partial charge in [-0.15, -0.1) is 0 Å². The Morgan fingerprint density at radius 1 is 1.47 bits per heavy atom. The lowest BCUT2D eigenvalue weighted by Gasteiger charge is -2.41. The van der Waals surface area contributed by atoms with Gasteiger partial charge in [-0.05, 0) is 36.3 Å². The van der Waals surface area contributed by atoms with Crippen molar-refractivity contribution in [2.75, 3.05) is 0 Å². The average molecular weight is 206 g/mol. The van der Waals surface area contributed by atoms with E-state index in [1.165, 1.54) is 24.0 Å². The Bertz CT molecular complexity index is 361. The predicted molar refractivity (Wildman–Crippen MR) is 63.9 cm³/mol. The molecule has 2 nitrogen and oxygen atoms in total. The van der Waals surface area contributed by atoms with E-state index in [1.54, 1.807) is 0 Å². The molecule has 1 aliphatic rings. The van der Waals surface area contributed by atoms with Crippen LogP contribution in [0.2, 0.25) is 0 Å². The monoisotopic (exact) mass is 206 g/mol. The number of hydrogen-bond donors (Lipinski definition) is 1. The van der Waals surface area contributed by atoms with Crippen molar-refractivity contribution >= 4 is 0 Å². The third kappa shape index (κ3) is 1.71. The third-order valence-electron chi connectivity index (χ3n) is 3.81. The van der Waals surface area contributed by atoms with Crippen LogP contribution >= 0.6 is 0 Å². The summed E-state index contributed by atoms with van der Waals surface area (Å²) in [4.78, 5) is 0. The lowest BCUT2D eigenvalue weighted by molar-refractivity contribution is 0.222. The Hall–Kier alpha value is -0.760. The number of fused-ring (bicyclic) bond motifs is 1. The molecule has 84 valence electrons. The molecule has 0 radical (unpaired) electrons. The maximum Gasteiger partial charge on any atom is 0.0106 e. The van der Waals surface area contributed by atoms with Crippen molar-refractivity contribution in [1.82, 2.24) is 4.57 Å². The molecular weight excluding hydrogens is 184 g/mol. The van der Waals surface area contributed by atoms with Crippen LogP contribution in [-0.2, 0) is 13.5 Å². The summed E-state index contributed by atoms with van der Waals surface area (Å²) in [6, 6.07) is 0.237. The van der Waals surface area contributed by atoms with Gasteiger partial charge in [0.1, 0.15) is 0 Å². The largest absolute Gasteiger partial charge is 0.357 e. The van der Waals surface area contributed by atoms with Crippen LogP contribution in [0.15, 0.2) is 12.4 Å². The van der Waals surface area contributed by atoms with E-state index < -0.39 is 0 Å². The van der Waals surface area contributed by atoms with Gasteiger partial charge in [0.15, 0.2) is 0 Å². The third-order valence-corrected chi connectivity index (χ3v) is 3.81. The van der Waals surface area contributed by atoms with Crippen LogP contribution in [0.5, 0.6) is 0 Å². The second kappa shape index (κ2) is 3.38. The van der Waals surface area contributed by atoms with Gasteiger partial charge in [-0.3, -0.25) is 0 Å². The number of hydrogen-bond acceptors (Lipinski definition) is 1. The zero-order valence-electron chi connectivity index (χ0n) is 10.2. The summed E-state index contributed by atoms with van der Waals surface area (Å²) >= 11 is 0. The van der Waals surface area contributed by atoms with Crippen molar-refractivity contribution in [2.45, 2.75) is 45.6 Å². The first-order chi connectivity index (χ1) is 6.92. The van der Waals surface area contributed by atoms with E-state index in [2.05, 4.69) is 44.8 Å². The Kier molecular flexibility index (Phi) is 2.42. The Labute approximate surface area is 92.5 Å². The summed E-state index contributed by atoms with van der Waals surface area (Å²) in [5.74, 6) is 0.502. The fourth-order valence-corrected chi connectivity index (χ4v) is 3.18. The standard InChI is InChI=1S/C13H22N2/c1-9(14)12-11-8-15(4)7-10(11)5-6-13(12,2)3/h7-9,12H,5-6,14H2,1-4H3. The minimum atomic E-state index is 0.237. The Balaban J connectivity index is 2.47. The highest BCUT2D eigenvalue weighted by Crippen LogP contribution is 2.46. The van der Waals surface area contributed by atoms with Crippen LogP contribution in [0.25, 0.3) is 0 Å². The molecule has 2 N–H and O–H groups in total. The minimum Gasteiger partial charge on any atom is -0.357 e. The van der Waals surface area contributed by atoms with Gasteiger partial charge in [-0.25, -0.2) is 0 Å². The maximum atomic E-state index is 6.16. The zero-order valence-corrected chi connectivity index (χ0v) is 10.2. The summed E-state index contributed by atoms with van der Waals surface area (Å²) in [6.07, 6.45) is 6.95. The van der Waals surface area contributed by atoms with E-state index in [-0.39, 0.29) is 6.04 Å². The van der Waals surface area contributed by atoms with E-state index in [1.807, 2.05) is 0 Å². The van der Waals surface area contributed by atoms with Crippen LogP contribution in [0, 0.1) is 5.41 Å². The topological polar surface area (TPSA) is 30.9 Å². The smallest absolute Gasteiger partial charge is 0.0106 e. The number of aryl methyl sites for hydroxylation is 2. The van der Waals surface area contributed by atoms with Gasteiger partial charge >= 0.3 is 0 Å². The number of nitrogens with two attached hydrogens (primary N) is 1. The van der Waals surface area contributed by atoms with Crippen LogP contribution < -0.4 is 5.73 Å². The SMILES string of the molecule is CC(N)C1c2cn(C)cc2CCC1(C)C. The molecule has 2 heteroatoms. The summed E-state index contributed by atoms with van der Waals surface area (Å²) < 4.78 is 2.17. The molecule has 1 aromatic heterocycles. The molecule has 0 amide bonds. The van der Waals surface area contributed by atoms with Crippen LogP contribution in [-0.4, -0.2) is 10.6 Å². The molecule has 1 aliphatic carbocycles. The van der Waals surface area contributed by atoms with Gasteiger partial charge in [0.2, 0.25) is 0 Å². The molecule has 0 aromatic carbocycles. The highest BCUT2D eigenvalue weighted by atomic mass is 14.9. The number of rotatable bonds is 1. The summed E-state index contributed by atoms with van der Waals surface area (Å²) in [5, 5.41) is 0. The quantitative estimate of drug-likeness (QED) is 0.751. The molecule has 0 aliphatic heterocycles. The maximum absolute atomic E-state index is 6.16. The lowest BCUT2D eigenvalue weighted by Crippen LogP contribution is -2.38. The van der Waals surface area contributed by atoms with E-state index in [9.17, 15) is 0 Å². The zero-order chi connectivity index (χ0) is 11.2. The molecule has 1 aromatic rings. The molecule has 2 atom stereocenters. The van der Waals surface area contributed by atoms with Gasteiger partial charge < -0.3 is 10.3 Å². The van der Waals surface area contributed by atoms with Crippen LogP contribution in [0.4, 0.5) is 0 Å². The fourth-order valence-electron chi connectivity index (χ4n) is 3.18. The average Bonchev–Trinajstić information content (AvgIpc) is 2.42. The summed E-state index contributed by atoms with van der Waals surface area (Å²) in [6.45, 7) is 6.82. The van der Waals surface area contributed by atoms with Crippen molar-refractivity contribution in [2.24, 2.45) is 18.2 Å². The van der Waals surface area contributed by atoms with Crippen molar-refractivity contribution in [3.63, 3.8) is 0 Å². The highest BCUT2D eigenvalue weighted by Gasteiger charge is 2.38. The molecular formula is C13H22N2. The van der Waals surface area contributed by atoms with E-state index >= 15 is 0 Å². The summed E-state index contributed by atoms with van der Waals surface area (Å²) in [5.41, 5.74) is 9.47. The van der Waals surface area contributed by atoms with Crippen LogP contribution in [0.3, 0.4) is 0 Å². The van der Waals surface area contributed by atoms with Crippen LogP contribution in [0.1, 0.15) is 44.2 Å². The lowest BCUT2D eigenvalue weighted by atomic mass is 9.65. The van der Waals surface area contributed by atoms with Gasteiger partial charge in [0.05, 0.1) is 0 Å². The predicted octanol–water partition coefficient (Wildman–Crippen LogP) is 2.43. The van der Waals surface area contributed by atoms with Gasteiger partial charge in [-0.2, -0.15) is 0 Å². The minimum absolute atomic E-state index is 0.237. The molecule has 0 saturated heterocycles. The first-order valence-corrected chi connectivity index (χ1v) is 5.82. The summed E-state index contributed by atoms with van der Waals surface area (Å²) in [7, 11) is 2.10. The second-order valence-electron chi connectivity index (χ2n) is 5.73. The molecule has 1 heterocycles. The molecule has 0 bridgehead atoms. The Morgan fingerprint density at radius 2 is 2.13 bits per heavy atom. The van der Waals surface area contributed by atoms with Crippen molar-refractivity contribution in [3.8, 4) is 0 Å². The first-order valence-electron chi connectivity index (χ1n) is 5.82. The highest BCUT2D eigenvalue weighted by molar-refractivity contribution is 5.34. The molecule has 0 spiro atoms. The normalized spacial score (nSPS) is 26.1. The van der Waals surface area contributed by atoms with E-state index in [0.29, 0.717) is 11.3 Å². The Morgan fingerprint density at radius 3 is 2.73 bits per heavy atom. The molecule has 2 unspecified atom stereocenters. The fraction of sp³-hybridized carbons (Fsp3) is 0.692. The molecule has 2 rings (SSSR count). The first kappa shape index (κ1) is 10.7. The van der Waals surface area contributed by atoms with Gasteiger partial charge in [0, 0.05) is 31.4 Å². The van der Waals surface area contributed by atoms with Crippen molar-refractivity contribution in [3.05, 3.63) is 23.5 Å². The number of aromatic nitrogens is 1. The number of nitrogens with zero attached hydrogens (tertiary/aromatic N) is 1. The van der Waals surface area contributed by atoms with Gasteiger partial charge in [-0.1, -0.05) is 13.8 Å². The van der Waals surface area contributed by atoms with Gasteiger partial charge in [0.25, 0.3) is 0 Å². The van der Waals surface area contributed by atoms with Crippen molar-refractivity contribution in [1.29, 1.82) is 0 Å². The van der Waals surface area contributed by atoms with E-state index in [0.717, 1.165) is 0 Å². The van der Waals surface area contributed by atoms with Crippen molar-refractivity contribution < 1.29 is 0 Å². The van der Waals surface area contributed by atoms with E-state index in [4.69, 9.17) is 5.73 Å².